The molecule has 0 fully saturated rings. The Hall–Kier alpha value is -9.22. The number of benzene rings is 11. The number of fused-ring (bicyclic) bond motifs is 3. The summed E-state index contributed by atoms with van der Waals surface area (Å²) in [5.74, 6) is 0. The molecule has 0 saturated carbocycles. The summed E-state index contributed by atoms with van der Waals surface area (Å²) in [5, 5.41) is 27.3. The Labute approximate surface area is 384 Å². The molecule has 11 aromatic rings. The fourth-order valence-electron chi connectivity index (χ4n) is 9.36. The molecule has 0 N–H and O–H groups in total. The lowest BCUT2D eigenvalue weighted by atomic mass is 9.89. The normalized spacial score (nSPS) is 11.0. The van der Waals surface area contributed by atoms with Crippen LogP contribution in [0.1, 0.15) is 11.1 Å². The van der Waals surface area contributed by atoms with Crippen molar-refractivity contribution in [3.63, 3.8) is 0 Å². The van der Waals surface area contributed by atoms with Crippen LogP contribution in [0, 0.1) is 22.7 Å². The number of hydrogen-bond donors (Lipinski definition) is 0. The van der Waals surface area contributed by atoms with Crippen LogP contribution < -0.4 is 9.80 Å². The number of para-hydroxylation sites is 1. The topological polar surface area (TPSA) is 54.1 Å². The summed E-state index contributed by atoms with van der Waals surface area (Å²) in [7, 11) is 0. The van der Waals surface area contributed by atoms with Crippen molar-refractivity contribution in [1.82, 2.24) is 0 Å². The second kappa shape index (κ2) is 17.2. The van der Waals surface area contributed by atoms with E-state index in [1.165, 1.54) is 16.3 Å². The molecule has 308 valence electrons. The third-order valence-corrected chi connectivity index (χ3v) is 12.4. The SMILES string of the molecule is N#Cc1cc(C#N)cc(N(c2cccc(N(c3ccccc3)c3ccc(-c4ccccc4)cc3)c2)c2c3ccccc3c(-c3ccc(-c4ccc5ccccc5c4)cc3)c3ccccc23)c1. The minimum Gasteiger partial charge on any atom is -0.310 e. The second-order valence-corrected chi connectivity index (χ2v) is 16.4. The molecular weight excluding hydrogens is 801 g/mol. The van der Waals surface area contributed by atoms with Gasteiger partial charge in [0.1, 0.15) is 0 Å². The van der Waals surface area contributed by atoms with Gasteiger partial charge < -0.3 is 9.80 Å². The monoisotopic (exact) mass is 840 g/mol. The molecule has 0 radical (unpaired) electrons. The molecule has 66 heavy (non-hydrogen) atoms. The van der Waals surface area contributed by atoms with E-state index in [1.807, 2.05) is 24.3 Å². The van der Waals surface area contributed by atoms with Gasteiger partial charge in [0.25, 0.3) is 0 Å². The molecule has 0 bridgehead atoms. The molecule has 0 aliphatic rings. The van der Waals surface area contributed by atoms with Gasteiger partial charge in [0.15, 0.2) is 0 Å². The van der Waals surface area contributed by atoms with Gasteiger partial charge in [-0.15, -0.1) is 0 Å². The average Bonchev–Trinajstić information content (AvgIpc) is 3.39. The maximum Gasteiger partial charge on any atom is 0.0992 e. The molecular formula is C62H40N4. The smallest absolute Gasteiger partial charge is 0.0992 e. The highest BCUT2D eigenvalue weighted by Crippen LogP contribution is 2.49. The first-order valence-electron chi connectivity index (χ1n) is 22.0. The predicted molar refractivity (Wildman–Crippen MR) is 274 cm³/mol. The largest absolute Gasteiger partial charge is 0.310 e. The van der Waals surface area contributed by atoms with E-state index in [0.29, 0.717) is 16.8 Å². The molecule has 0 spiro atoms. The zero-order valence-corrected chi connectivity index (χ0v) is 35.9. The Bertz CT molecular complexity index is 3570. The second-order valence-electron chi connectivity index (χ2n) is 16.4. The Balaban J connectivity index is 1.11. The van der Waals surface area contributed by atoms with Gasteiger partial charge in [-0.05, 0) is 122 Å². The van der Waals surface area contributed by atoms with Crippen molar-refractivity contribution in [2.45, 2.75) is 0 Å². The molecule has 0 aliphatic heterocycles. The van der Waals surface area contributed by atoms with Crippen LogP contribution in [0.25, 0.3) is 65.7 Å². The molecule has 4 heteroatoms. The maximum absolute atomic E-state index is 10.3. The van der Waals surface area contributed by atoms with Crippen molar-refractivity contribution in [1.29, 1.82) is 10.5 Å². The summed E-state index contributed by atoms with van der Waals surface area (Å²) in [6.07, 6.45) is 0. The Morgan fingerprint density at radius 1 is 0.273 bits per heavy atom. The summed E-state index contributed by atoms with van der Waals surface area (Å²) in [4.78, 5) is 4.49. The lowest BCUT2D eigenvalue weighted by molar-refractivity contribution is 1.25. The van der Waals surface area contributed by atoms with E-state index in [2.05, 4.69) is 234 Å². The van der Waals surface area contributed by atoms with Gasteiger partial charge in [-0.25, -0.2) is 0 Å². The first-order valence-corrected chi connectivity index (χ1v) is 22.0. The first-order chi connectivity index (χ1) is 32.6. The molecule has 0 aliphatic carbocycles. The van der Waals surface area contributed by atoms with Crippen molar-refractivity contribution in [3.05, 3.63) is 254 Å². The van der Waals surface area contributed by atoms with E-state index in [1.54, 1.807) is 6.07 Å². The van der Waals surface area contributed by atoms with E-state index in [9.17, 15) is 10.5 Å². The highest BCUT2D eigenvalue weighted by atomic mass is 15.2. The summed E-state index contributed by atoms with van der Waals surface area (Å²) < 4.78 is 0. The maximum atomic E-state index is 10.3. The van der Waals surface area contributed by atoms with E-state index in [0.717, 1.165) is 77.8 Å². The number of nitrogens with zero attached hydrogens (tertiary/aromatic N) is 4. The summed E-state index contributed by atoms with van der Waals surface area (Å²) >= 11 is 0. The lowest BCUT2D eigenvalue weighted by Gasteiger charge is -2.31. The van der Waals surface area contributed by atoms with Crippen molar-refractivity contribution >= 4 is 66.4 Å². The van der Waals surface area contributed by atoms with Crippen LogP contribution in [-0.4, -0.2) is 0 Å². The van der Waals surface area contributed by atoms with E-state index < -0.39 is 0 Å². The van der Waals surface area contributed by atoms with Crippen molar-refractivity contribution in [2.75, 3.05) is 9.80 Å². The molecule has 0 saturated heterocycles. The minimum atomic E-state index is 0.409. The summed E-state index contributed by atoms with van der Waals surface area (Å²) in [6.45, 7) is 0. The number of nitriles is 2. The molecule has 11 rings (SSSR count). The standard InChI is InChI=1S/C62H40N4/c63-41-43-36-44(42-64)38-56(37-43)66(55-21-13-20-54(40-55)65(52-18-5-2-6-19-52)53-34-32-47(33-35-53)45-14-3-1-4-15-45)62-59-24-11-9-22-57(59)61(58-23-10-12-25-60(58)62)49-29-26-48(27-30-49)51-31-28-46-16-7-8-17-50(46)39-51/h1-40H. The first kappa shape index (κ1) is 39.6. The quantitative estimate of drug-likeness (QED) is 0.136. The van der Waals surface area contributed by atoms with Crippen LogP contribution in [0.5, 0.6) is 0 Å². The predicted octanol–water partition coefficient (Wildman–Crippen LogP) is 16.8. The van der Waals surface area contributed by atoms with Gasteiger partial charge >= 0.3 is 0 Å². The number of anilines is 6. The molecule has 0 amide bonds. The minimum absolute atomic E-state index is 0.409. The Morgan fingerprint density at radius 2 is 0.727 bits per heavy atom. The van der Waals surface area contributed by atoms with Crippen LogP contribution in [0.4, 0.5) is 34.1 Å². The summed E-state index contributed by atoms with van der Waals surface area (Å²) in [6, 6.07) is 89.3. The average molecular weight is 841 g/mol. The number of rotatable bonds is 9. The highest BCUT2D eigenvalue weighted by Gasteiger charge is 2.24. The van der Waals surface area contributed by atoms with Gasteiger partial charge in [-0.2, -0.15) is 10.5 Å². The fraction of sp³-hybridized carbons (Fsp3) is 0. The van der Waals surface area contributed by atoms with Gasteiger partial charge in [-0.1, -0.05) is 176 Å². The fourth-order valence-corrected chi connectivity index (χ4v) is 9.36. The van der Waals surface area contributed by atoms with E-state index in [4.69, 9.17) is 0 Å². The molecule has 0 unspecified atom stereocenters. The molecule has 0 atom stereocenters. The van der Waals surface area contributed by atoms with Crippen LogP contribution in [0.15, 0.2) is 243 Å². The van der Waals surface area contributed by atoms with Crippen LogP contribution >= 0.6 is 0 Å². The van der Waals surface area contributed by atoms with Gasteiger partial charge in [-0.3, -0.25) is 0 Å². The van der Waals surface area contributed by atoms with Crippen LogP contribution in [-0.2, 0) is 0 Å². The third kappa shape index (κ3) is 7.35. The molecule has 4 nitrogen and oxygen atoms in total. The Morgan fingerprint density at radius 3 is 1.36 bits per heavy atom. The highest BCUT2D eigenvalue weighted by molar-refractivity contribution is 6.22. The van der Waals surface area contributed by atoms with Crippen molar-refractivity contribution in [2.24, 2.45) is 0 Å². The third-order valence-electron chi connectivity index (χ3n) is 12.4. The van der Waals surface area contributed by atoms with Gasteiger partial charge in [0, 0.05) is 39.2 Å². The number of hydrogen-bond acceptors (Lipinski definition) is 4. The molecule has 11 aromatic carbocycles. The van der Waals surface area contributed by atoms with Crippen molar-refractivity contribution < 1.29 is 0 Å². The zero-order chi connectivity index (χ0) is 44.4. The van der Waals surface area contributed by atoms with Gasteiger partial charge in [0.2, 0.25) is 0 Å². The summed E-state index contributed by atoms with van der Waals surface area (Å²) in [5.41, 5.74) is 13.2. The van der Waals surface area contributed by atoms with Gasteiger partial charge in [0.05, 0.1) is 29.0 Å². The molecule has 0 heterocycles. The Kier molecular flexibility index (Phi) is 10.3. The van der Waals surface area contributed by atoms with E-state index in [-0.39, 0.29) is 0 Å². The van der Waals surface area contributed by atoms with Crippen molar-refractivity contribution in [3.8, 4) is 45.5 Å². The lowest BCUT2D eigenvalue weighted by Crippen LogP contribution is -2.14. The van der Waals surface area contributed by atoms with Crippen LogP contribution in [0.2, 0.25) is 0 Å². The zero-order valence-electron chi connectivity index (χ0n) is 35.9. The van der Waals surface area contributed by atoms with Crippen LogP contribution in [0.3, 0.4) is 0 Å². The van der Waals surface area contributed by atoms with E-state index >= 15 is 0 Å². The molecule has 0 aromatic heterocycles.